The summed E-state index contributed by atoms with van der Waals surface area (Å²) in [5.74, 6) is -0.670. The van der Waals surface area contributed by atoms with E-state index in [4.69, 9.17) is 5.26 Å². The number of nitriles is 1. The number of nitro benzene ring substituents is 1. The van der Waals surface area contributed by atoms with Crippen molar-refractivity contribution in [2.45, 2.75) is 6.42 Å². The van der Waals surface area contributed by atoms with E-state index in [9.17, 15) is 19.7 Å². The number of rotatable bonds is 3. The van der Waals surface area contributed by atoms with Gasteiger partial charge in [0.25, 0.3) is 11.6 Å². The van der Waals surface area contributed by atoms with E-state index >= 15 is 0 Å². The summed E-state index contributed by atoms with van der Waals surface area (Å²) in [5.41, 5.74) is 4.00. The Morgan fingerprint density at radius 1 is 1.37 bits per heavy atom. The molecule has 0 aliphatic carbocycles. The number of hydrogen-bond donors (Lipinski definition) is 3. The highest BCUT2D eigenvalue weighted by Crippen LogP contribution is 2.16. The first-order chi connectivity index (χ1) is 9.02. The zero-order chi connectivity index (χ0) is 14.3. The predicted octanol–water partition coefficient (Wildman–Crippen LogP) is 0.661. The van der Waals surface area contributed by atoms with Gasteiger partial charge in [-0.05, 0) is 6.07 Å². The van der Waals surface area contributed by atoms with Crippen LogP contribution in [-0.4, -0.2) is 16.9 Å². The number of anilines is 1. The van der Waals surface area contributed by atoms with Gasteiger partial charge in [0.15, 0.2) is 0 Å². The first-order valence-corrected chi connectivity index (χ1v) is 5.00. The number of nitro groups is 1. The number of nitrogens with one attached hydrogen (secondary N) is 3. The van der Waals surface area contributed by atoms with Crippen molar-refractivity contribution < 1.29 is 14.5 Å². The van der Waals surface area contributed by atoms with E-state index in [-0.39, 0.29) is 11.4 Å². The van der Waals surface area contributed by atoms with Crippen LogP contribution in [0.2, 0.25) is 0 Å². The van der Waals surface area contributed by atoms with Crippen LogP contribution in [-0.2, 0) is 4.79 Å². The Morgan fingerprint density at radius 3 is 2.74 bits per heavy atom. The zero-order valence-corrected chi connectivity index (χ0v) is 9.54. The van der Waals surface area contributed by atoms with Crippen LogP contribution in [0.3, 0.4) is 0 Å². The van der Waals surface area contributed by atoms with Gasteiger partial charge in [-0.2, -0.15) is 5.26 Å². The third-order valence-corrected chi connectivity index (χ3v) is 1.87. The monoisotopic (exact) mass is 263 g/mol. The molecule has 19 heavy (non-hydrogen) atoms. The number of carbonyl (C=O) groups is 2. The summed E-state index contributed by atoms with van der Waals surface area (Å²) in [4.78, 5) is 32.1. The summed E-state index contributed by atoms with van der Waals surface area (Å²) in [6, 6.07) is 6.11. The van der Waals surface area contributed by atoms with Crippen molar-refractivity contribution in [3.05, 3.63) is 34.4 Å². The third kappa shape index (κ3) is 4.70. The molecule has 3 N–H and O–H groups in total. The first-order valence-electron chi connectivity index (χ1n) is 5.00. The minimum atomic E-state index is -0.785. The van der Waals surface area contributed by atoms with E-state index in [0.717, 1.165) is 6.07 Å². The molecule has 1 aromatic rings. The first kappa shape index (κ1) is 13.9. The molecule has 0 aromatic heterocycles. The Morgan fingerprint density at radius 2 is 2.11 bits per heavy atom. The van der Waals surface area contributed by atoms with Gasteiger partial charge < -0.3 is 5.32 Å². The van der Waals surface area contributed by atoms with Crippen molar-refractivity contribution >= 4 is 23.3 Å². The molecule has 0 saturated carbocycles. The Labute approximate surface area is 107 Å². The smallest absolute Gasteiger partial charge is 0.306 e. The number of nitrogens with zero attached hydrogens (tertiary/aromatic N) is 2. The SMILES string of the molecule is N#CCC(=O)NNC(=O)Nc1cccc([N+](=O)[O-])c1. The van der Waals surface area contributed by atoms with E-state index in [2.05, 4.69) is 5.32 Å². The summed E-state index contributed by atoms with van der Waals surface area (Å²) >= 11 is 0. The molecule has 0 radical (unpaired) electrons. The van der Waals surface area contributed by atoms with Crippen LogP contribution in [0.4, 0.5) is 16.2 Å². The predicted molar refractivity (Wildman–Crippen MR) is 63.6 cm³/mol. The van der Waals surface area contributed by atoms with E-state index in [1.165, 1.54) is 18.2 Å². The topological polar surface area (TPSA) is 137 Å². The summed E-state index contributed by atoms with van der Waals surface area (Å²) < 4.78 is 0. The van der Waals surface area contributed by atoms with E-state index in [0.29, 0.717) is 0 Å². The van der Waals surface area contributed by atoms with Crippen LogP contribution < -0.4 is 16.2 Å². The second-order valence-electron chi connectivity index (χ2n) is 3.27. The molecule has 0 bridgehead atoms. The fourth-order valence-electron chi connectivity index (χ4n) is 1.10. The van der Waals surface area contributed by atoms with Crippen LogP contribution in [0.5, 0.6) is 0 Å². The normalized spacial score (nSPS) is 9.00. The molecule has 98 valence electrons. The highest BCUT2D eigenvalue weighted by molar-refractivity contribution is 5.91. The quantitative estimate of drug-likeness (QED) is 0.543. The number of carbonyl (C=O) groups excluding carboxylic acids is 2. The Balaban J connectivity index is 2.53. The lowest BCUT2D eigenvalue weighted by molar-refractivity contribution is -0.384. The molecular weight excluding hydrogens is 254 g/mol. The van der Waals surface area contributed by atoms with E-state index < -0.39 is 23.3 Å². The molecule has 9 nitrogen and oxygen atoms in total. The fraction of sp³-hybridized carbons (Fsp3) is 0.100. The number of non-ortho nitro benzene ring substituents is 1. The molecule has 0 unspecified atom stereocenters. The van der Waals surface area contributed by atoms with Crippen LogP contribution in [0, 0.1) is 21.4 Å². The molecule has 0 spiro atoms. The molecule has 0 aliphatic heterocycles. The van der Waals surface area contributed by atoms with Gasteiger partial charge in [-0.3, -0.25) is 20.3 Å². The third-order valence-electron chi connectivity index (χ3n) is 1.87. The maximum absolute atomic E-state index is 11.3. The number of urea groups is 1. The fourth-order valence-corrected chi connectivity index (χ4v) is 1.10. The van der Waals surface area contributed by atoms with Crippen molar-refractivity contribution in [1.29, 1.82) is 5.26 Å². The number of amides is 3. The van der Waals surface area contributed by atoms with Gasteiger partial charge in [0, 0.05) is 17.8 Å². The second kappa shape index (κ2) is 6.55. The summed E-state index contributed by atoms with van der Waals surface area (Å²) in [6.45, 7) is 0. The summed E-state index contributed by atoms with van der Waals surface area (Å²) in [7, 11) is 0. The lowest BCUT2D eigenvalue weighted by Gasteiger charge is -2.07. The number of hydrogen-bond acceptors (Lipinski definition) is 5. The number of hydrazine groups is 1. The van der Waals surface area contributed by atoms with Crippen molar-refractivity contribution in [2.75, 3.05) is 5.32 Å². The van der Waals surface area contributed by atoms with Crippen molar-refractivity contribution in [2.24, 2.45) is 0 Å². The van der Waals surface area contributed by atoms with E-state index in [1.807, 2.05) is 10.9 Å². The minimum absolute atomic E-state index is 0.175. The molecule has 0 saturated heterocycles. The summed E-state index contributed by atoms with van der Waals surface area (Å²) in [5, 5.41) is 21.0. The van der Waals surface area contributed by atoms with Crippen LogP contribution in [0.15, 0.2) is 24.3 Å². The summed E-state index contributed by atoms with van der Waals surface area (Å²) in [6.07, 6.45) is -0.392. The van der Waals surface area contributed by atoms with Gasteiger partial charge in [-0.25, -0.2) is 10.2 Å². The van der Waals surface area contributed by atoms with Gasteiger partial charge >= 0.3 is 6.03 Å². The molecule has 0 aliphatic rings. The largest absolute Gasteiger partial charge is 0.337 e. The maximum atomic E-state index is 11.3. The van der Waals surface area contributed by atoms with Crippen LogP contribution in [0.25, 0.3) is 0 Å². The molecule has 0 fully saturated rings. The van der Waals surface area contributed by atoms with E-state index in [1.54, 1.807) is 6.07 Å². The van der Waals surface area contributed by atoms with Gasteiger partial charge in [-0.15, -0.1) is 0 Å². The van der Waals surface area contributed by atoms with Crippen molar-refractivity contribution in [3.63, 3.8) is 0 Å². The average molecular weight is 263 g/mol. The van der Waals surface area contributed by atoms with Gasteiger partial charge in [0.1, 0.15) is 6.42 Å². The minimum Gasteiger partial charge on any atom is -0.306 e. The standard InChI is InChI=1S/C10H9N5O4/c11-5-4-9(16)13-14-10(17)12-7-2-1-3-8(6-7)15(18)19/h1-3,6H,4H2,(H,13,16)(H2,12,14,17). The highest BCUT2D eigenvalue weighted by atomic mass is 16.6. The lowest BCUT2D eigenvalue weighted by atomic mass is 10.3. The average Bonchev–Trinajstić information content (AvgIpc) is 2.37. The van der Waals surface area contributed by atoms with Gasteiger partial charge in [-0.1, -0.05) is 6.07 Å². The Bertz CT molecular complexity index is 551. The Kier molecular flexibility index (Phi) is 4.80. The molecule has 3 amide bonds. The lowest BCUT2D eigenvalue weighted by Crippen LogP contribution is -2.43. The molecule has 0 heterocycles. The van der Waals surface area contributed by atoms with Crippen LogP contribution in [0.1, 0.15) is 6.42 Å². The van der Waals surface area contributed by atoms with Gasteiger partial charge in [0.05, 0.1) is 11.0 Å². The molecule has 0 atom stereocenters. The molecule has 1 rings (SSSR count). The molecular formula is C10H9N5O4. The molecule has 9 heteroatoms. The maximum Gasteiger partial charge on any atom is 0.337 e. The Hall–Kier alpha value is -3.15. The van der Waals surface area contributed by atoms with Crippen molar-refractivity contribution in [3.8, 4) is 6.07 Å². The zero-order valence-electron chi connectivity index (χ0n) is 9.54. The highest BCUT2D eigenvalue weighted by Gasteiger charge is 2.08. The van der Waals surface area contributed by atoms with Crippen molar-refractivity contribution in [1.82, 2.24) is 10.9 Å². The molecule has 1 aromatic carbocycles. The van der Waals surface area contributed by atoms with Crippen LogP contribution >= 0.6 is 0 Å². The second-order valence-corrected chi connectivity index (χ2v) is 3.27. The van der Waals surface area contributed by atoms with Gasteiger partial charge in [0.2, 0.25) is 0 Å². The number of benzene rings is 1.